The molecule has 1 saturated heterocycles. The number of fused-ring (bicyclic) bond motifs is 1. The van der Waals surface area contributed by atoms with Crippen LogP contribution in [0.3, 0.4) is 0 Å². The van der Waals surface area contributed by atoms with E-state index < -0.39 is 0 Å². The molecule has 1 nitrogen and oxygen atoms in total. The van der Waals surface area contributed by atoms with Crippen LogP contribution in [-0.2, 0) is 4.74 Å². The fourth-order valence-corrected chi connectivity index (χ4v) is 2.87. The maximum atomic E-state index is 5.85. The maximum absolute atomic E-state index is 5.85. The van der Waals surface area contributed by atoms with Crippen LogP contribution < -0.4 is 0 Å². The van der Waals surface area contributed by atoms with Gasteiger partial charge in [0.2, 0.25) is 0 Å². The van der Waals surface area contributed by atoms with Gasteiger partial charge in [-0.05, 0) is 30.1 Å². The lowest BCUT2D eigenvalue weighted by Gasteiger charge is -2.33. The molecule has 0 aromatic carbocycles. The monoisotopic (exact) mass is 168 g/mol. The molecule has 2 rings (SSSR count). The molecule has 0 spiro atoms. The van der Waals surface area contributed by atoms with Crippen molar-refractivity contribution >= 4 is 0 Å². The quantitative estimate of drug-likeness (QED) is 0.585. The summed E-state index contributed by atoms with van der Waals surface area (Å²) in [7, 11) is 0. The van der Waals surface area contributed by atoms with Gasteiger partial charge in [-0.15, -0.1) is 0 Å². The maximum Gasteiger partial charge on any atom is 0.0609 e. The third-order valence-electron chi connectivity index (χ3n) is 4.23. The van der Waals surface area contributed by atoms with Gasteiger partial charge < -0.3 is 4.74 Å². The first-order chi connectivity index (χ1) is 5.64. The molecule has 70 valence electrons. The highest BCUT2D eigenvalue weighted by atomic mass is 16.5. The molecule has 0 radical (unpaired) electrons. The van der Waals surface area contributed by atoms with E-state index in [1.54, 1.807) is 0 Å². The minimum Gasteiger partial charge on any atom is -0.377 e. The molecular formula is C11H20O. The smallest absolute Gasteiger partial charge is 0.0609 e. The summed E-state index contributed by atoms with van der Waals surface area (Å²) in [5.41, 5.74) is 0.473. The fourth-order valence-electron chi connectivity index (χ4n) is 2.87. The highest BCUT2D eigenvalue weighted by Crippen LogP contribution is 2.50. The van der Waals surface area contributed by atoms with E-state index in [2.05, 4.69) is 20.8 Å². The van der Waals surface area contributed by atoms with Crippen LogP contribution in [0.2, 0.25) is 0 Å². The van der Waals surface area contributed by atoms with E-state index in [1.165, 1.54) is 19.3 Å². The largest absolute Gasteiger partial charge is 0.377 e. The van der Waals surface area contributed by atoms with Crippen molar-refractivity contribution in [2.75, 3.05) is 6.61 Å². The van der Waals surface area contributed by atoms with Crippen molar-refractivity contribution in [2.24, 2.45) is 17.3 Å². The Balaban J connectivity index is 2.17. The lowest BCUT2D eigenvalue weighted by molar-refractivity contribution is 0.0851. The second-order valence-electron chi connectivity index (χ2n) is 5.05. The molecule has 1 saturated carbocycles. The van der Waals surface area contributed by atoms with Crippen molar-refractivity contribution in [3.05, 3.63) is 0 Å². The van der Waals surface area contributed by atoms with Gasteiger partial charge in [0.15, 0.2) is 0 Å². The molecule has 2 fully saturated rings. The van der Waals surface area contributed by atoms with Crippen molar-refractivity contribution in [1.82, 2.24) is 0 Å². The van der Waals surface area contributed by atoms with Crippen LogP contribution in [0.5, 0.6) is 0 Å². The Hall–Kier alpha value is -0.0400. The van der Waals surface area contributed by atoms with Gasteiger partial charge in [0.1, 0.15) is 0 Å². The summed E-state index contributed by atoms with van der Waals surface area (Å²) in [6, 6.07) is 0. The topological polar surface area (TPSA) is 9.23 Å². The molecule has 1 aliphatic carbocycles. The van der Waals surface area contributed by atoms with Crippen LogP contribution >= 0.6 is 0 Å². The summed E-state index contributed by atoms with van der Waals surface area (Å²) >= 11 is 0. The second-order valence-corrected chi connectivity index (χ2v) is 5.05. The molecule has 0 bridgehead atoms. The minimum absolute atomic E-state index is 0.473. The van der Waals surface area contributed by atoms with Crippen molar-refractivity contribution in [3.63, 3.8) is 0 Å². The molecule has 3 unspecified atom stereocenters. The van der Waals surface area contributed by atoms with E-state index in [0.29, 0.717) is 11.5 Å². The zero-order chi connectivity index (χ0) is 8.77. The average Bonchev–Trinajstić information content (AvgIpc) is 2.54. The predicted molar refractivity (Wildman–Crippen MR) is 50.0 cm³/mol. The van der Waals surface area contributed by atoms with Gasteiger partial charge in [-0.2, -0.15) is 0 Å². The zero-order valence-corrected chi connectivity index (χ0v) is 8.47. The van der Waals surface area contributed by atoms with E-state index in [9.17, 15) is 0 Å². The first-order valence-electron chi connectivity index (χ1n) is 5.26. The summed E-state index contributed by atoms with van der Waals surface area (Å²) in [6.07, 6.45) is 4.71. The van der Waals surface area contributed by atoms with Crippen LogP contribution in [0.4, 0.5) is 0 Å². The Kier molecular flexibility index (Phi) is 1.95. The van der Waals surface area contributed by atoms with Crippen LogP contribution in [0.25, 0.3) is 0 Å². The Labute approximate surface area is 75.5 Å². The molecule has 1 aliphatic heterocycles. The standard InChI is InChI=1S/C11H20O/c1-8(2)11(3)7-12-10-6-4-5-9(10)11/h8-10H,4-7H2,1-3H3. The molecule has 0 aromatic heterocycles. The van der Waals surface area contributed by atoms with Crippen LogP contribution in [-0.4, -0.2) is 12.7 Å². The normalized spacial score (nSPS) is 47.0. The van der Waals surface area contributed by atoms with E-state index in [1.807, 2.05) is 0 Å². The Morgan fingerprint density at radius 2 is 2.08 bits per heavy atom. The van der Waals surface area contributed by atoms with Crippen molar-refractivity contribution in [2.45, 2.75) is 46.1 Å². The number of rotatable bonds is 1. The third-order valence-corrected chi connectivity index (χ3v) is 4.23. The fraction of sp³-hybridized carbons (Fsp3) is 1.00. The van der Waals surface area contributed by atoms with Gasteiger partial charge in [0.25, 0.3) is 0 Å². The molecule has 12 heavy (non-hydrogen) atoms. The molecule has 2 aliphatic rings. The predicted octanol–water partition coefficient (Wildman–Crippen LogP) is 2.85. The van der Waals surface area contributed by atoms with Gasteiger partial charge in [-0.3, -0.25) is 0 Å². The number of ether oxygens (including phenoxy) is 1. The zero-order valence-electron chi connectivity index (χ0n) is 8.47. The minimum atomic E-state index is 0.473. The lowest BCUT2D eigenvalue weighted by Crippen LogP contribution is -2.31. The summed E-state index contributed by atoms with van der Waals surface area (Å²) < 4.78 is 5.85. The molecular weight excluding hydrogens is 148 g/mol. The van der Waals surface area contributed by atoms with Gasteiger partial charge >= 0.3 is 0 Å². The van der Waals surface area contributed by atoms with Gasteiger partial charge in [-0.1, -0.05) is 27.2 Å². The number of hydrogen-bond donors (Lipinski definition) is 0. The van der Waals surface area contributed by atoms with E-state index in [4.69, 9.17) is 4.74 Å². The van der Waals surface area contributed by atoms with Gasteiger partial charge in [-0.25, -0.2) is 0 Å². The summed E-state index contributed by atoms with van der Waals surface area (Å²) in [5.74, 6) is 1.63. The summed E-state index contributed by atoms with van der Waals surface area (Å²) in [6.45, 7) is 8.09. The molecule has 1 heteroatoms. The van der Waals surface area contributed by atoms with E-state index >= 15 is 0 Å². The van der Waals surface area contributed by atoms with Crippen molar-refractivity contribution < 1.29 is 4.74 Å². The van der Waals surface area contributed by atoms with Crippen LogP contribution in [0.15, 0.2) is 0 Å². The first kappa shape index (κ1) is 8.55. The Morgan fingerprint density at radius 3 is 2.75 bits per heavy atom. The van der Waals surface area contributed by atoms with Gasteiger partial charge in [0, 0.05) is 0 Å². The summed E-state index contributed by atoms with van der Waals surface area (Å²) in [5, 5.41) is 0. The summed E-state index contributed by atoms with van der Waals surface area (Å²) in [4.78, 5) is 0. The van der Waals surface area contributed by atoms with E-state index in [0.717, 1.165) is 18.4 Å². The molecule has 3 atom stereocenters. The van der Waals surface area contributed by atoms with E-state index in [-0.39, 0.29) is 0 Å². The van der Waals surface area contributed by atoms with Crippen molar-refractivity contribution in [1.29, 1.82) is 0 Å². The molecule has 0 N–H and O–H groups in total. The Morgan fingerprint density at radius 1 is 1.33 bits per heavy atom. The Bertz CT molecular complexity index is 176. The first-order valence-corrected chi connectivity index (χ1v) is 5.26. The van der Waals surface area contributed by atoms with Crippen molar-refractivity contribution in [3.8, 4) is 0 Å². The average molecular weight is 168 g/mol. The highest BCUT2D eigenvalue weighted by Gasteiger charge is 2.49. The van der Waals surface area contributed by atoms with Crippen LogP contribution in [0, 0.1) is 17.3 Å². The molecule has 0 aromatic rings. The lowest BCUT2D eigenvalue weighted by atomic mass is 9.70. The third kappa shape index (κ3) is 1.02. The SMILES string of the molecule is CC(C)C1(C)COC2CCCC21. The molecule has 1 heterocycles. The number of hydrogen-bond acceptors (Lipinski definition) is 1. The van der Waals surface area contributed by atoms with Gasteiger partial charge in [0.05, 0.1) is 12.7 Å². The molecule has 0 amide bonds. The second kappa shape index (κ2) is 2.73. The van der Waals surface area contributed by atoms with Crippen LogP contribution in [0.1, 0.15) is 40.0 Å². The highest BCUT2D eigenvalue weighted by molar-refractivity contribution is 4.97.